The molecule has 2 heterocycles. The van der Waals surface area contributed by atoms with Crippen molar-refractivity contribution < 1.29 is 9.90 Å². The van der Waals surface area contributed by atoms with E-state index in [9.17, 15) is 15.2 Å². The lowest BCUT2D eigenvalue weighted by molar-refractivity contribution is -0.132. The summed E-state index contributed by atoms with van der Waals surface area (Å²) in [6.45, 7) is 4.66. The van der Waals surface area contributed by atoms with Crippen molar-refractivity contribution in [2.24, 2.45) is 0 Å². The molecule has 13 rings (SSSR count). The fourth-order valence-electron chi connectivity index (χ4n) is 11.9. The van der Waals surface area contributed by atoms with Crippen LogP contribution in [-0.4, -0.2) is 11.1 Å². The first kappa shape index (κ1) is 46.0. The van der Waals surface area contributed by atoms with Crippen LogP contribution in [0.3, 0.4) is 0 Å². The second kappa shape index (κ2) is 18.6. The van der Waals surface area contributed by atoms with Crippen molar-refractivity contribution in [3.8, 4) is 59.6 Å². The zero-order valence-corrected chi connectivity index (χ0v) is 43.0. The minimum absolute atomic E-state index is 0.201. The lowest BCUT2D eigenvalue weighted by Crippen LogP contribution is -2.23. The summed E-state index contributed by atoms with van der Waals surface area (Å²) in [5.41, 5.74) is 24.3. The Labute approximate surface area is 445 Å². The van der Waals surface area contributed by atoms with Crippen LogP contribution in [0.5, 0.6) is 0 Å². The van der Waals surface area contributed by atoms with Gasteiger partial charge in [-0.25, -0.2) is 4.79 Å². The van der Waals surface area contributed by atoms with E-state index in [4.69, 9.17) is 0 Å². The van der Waals surface area contributed by atoms with E-state index in [1.165, 1.54) is 106 Å². The summed E-state index contributed by atoms with van der Waals surface area (Å²) in [5.74, 6) is -1.22. The highest BCUT2D eigenvalue weighted by Gasteiger charge is 2.41. The Kier molecular flexibility index (Phi) is 11.4. The summed E-state index contributed by atoms with van der Waals surface area (Å²) >= 11 is 3.22. The second-order valence-electron chi connectivity index (χ2n) is 19.4. The monoisotopic (exact) mass is 1000 g/mol. The molecule has 75 heavy (non-hydrogen) atoms. The van der Waals surface area contributed by atoms with Gasteiger partial charge >= 0.3 is 5.97 Å². The quantitative estimate of drug-likeness (QED) is 0.104. The van der Waals surface area contributed by atoms with Gasteiger partial charge in [0.1, 0.15) is 11.6 Å². The van der Waals surface area contributed by atoms with Crippen molar-refractivity contribution in [1.29, 1.82) is 5.26 Å². The number of thiophene rings is 2. The number of nitriles is 1. The Bertz CT molecular complexity index is 3830. The minimum atomic E-state index is -1.22. The maximum Gasteiger partial charge on any atom is 0.346 e. The Hall–Kier alpha value is -8.86. The SMILES string of the molecule is CCC1(CC)c2cc(-c3ccc(-c4ccc(/C=C(\C#N)C(=O)O)s4)s3)ccc2-c2ccc(N(c3ccc(C=C4c5ccccc5-c5ccccc54)cc3)c3ccc(C=C4c5ccccc5-c5ccccc54)cc3)cc21. The smallest absolute Gasteiger partial charge is 0.346 e. The van der Waals surface area contributed by atoms with E-state index in [1.54, 1.807) is 17.4 Å². The number of hydrogen-bond acceptors (Lipinski definition) is 5. The molecule has 0 amide bonds. The zero-order valence-electron chi connectivity index (χ0n) is 41.3. The molecule has 0 unspecified atom stereocenters. The topological polar surface area (TPSA) is 64.3 Å². The molecule has 0 saturated carbocycles. The van der Waals surface area contributed by atoms with E-state index in [0.717, 1.165) is 55.7 Å². The Morgan fingerprint density at radius 2 is 0.920 bits per heavy atom. The fourth-order valence-corrected chi connectivity index (χ4v) is 13.9. The van der Waals surface area contributed by atoms with Gasteiger partial charge in [-0.15, -0.1) is 22.7 Å². The number of nitrogens with zero attached hydrogens (tertiary/aromatic N) is 2. The Morgan fingerprint density at radius 1 is 0.493 bits per heavy atom. The van der Waals surface area contributed by atoms with Crippen LogP contribution in [0.15, 0.2) is 212 Å². The average molecular weight is 1000 g/mol. The van der Waals surface area contributed by atoms with Crippen LogP contribution in [0.4, 0.5) is 17.1 Å². The van der Waals surface area contributed by atoms with Crippen LogP contribution in [0.2, 0.25) is 0 Å². The second-order valence-corrected chi connectivity index (χ2v) is 21.6. The third-order valence-corrected chi connectivity index (χ3v) is 17.9. The van der Waals surface area contributed by atoms with Crippen LogP contribution in [0, 0.1) is 11.3 Å². The first-order chi connectivity index (χ1) is 36.8. The van der Waals surface area contributed by atoms with Gasteiger partial charge in [-0.3, -0.25) is 0 Å². The summed E-state index contributed by atoms with van der Waals surface area (Å²) in [5, 5.41) is 18.7. The molecular formula is C69H48N2O2S2. The highest BCUT2D eigenvalue weighted by atomic mass is 32.1. The number of rotatable bonds is 11. The number of carboxylic acid groups (broad SMARTS) is 1. The number of carbonyl (C=O) groups is 1. The number of aliphatic carboxylic acids is 1. The fraction of sp³-hybridized carbons (Fsp3) is 0.0725. The highest BCUT2D eigenvalue weighted by molar-refractivity contribution is 7.24. The van der Waals surface area contributed by atoms with Crippen LogP contribution >= 0.6 is 22.7 Å². The average Bonchev–Trinajstić information content (AvgIpc) is 4.31. The predicted octanol–water partition coefficient (Wildman–Crippen LogP) is 18.8. The van der Waals surface area contributed by atoms with Crippen molar-refractivity contribution in [2.75, 3.05) is 4.90 Å². The number of hydrogen-bond donors (Lipinski definition) is 1. The number of benzene rings is 8. The first-order valence-corrected chi connectivity index (χ1v) is 27.1. The molecule has 2 aromatic heterocycles. The molecule has 0 spiro atoms. The van der Waals surface area contributed by atoms with Crippen LogP contribution < -0.4 is 4.90 Å². The largest absolute Gasteiger partial charge is 0.477 e. The molecule has 0 fully saturated rings. The molecule has 6 heteroatoms. The molecule has 0 aliphatic heterocycles. The molecule has 1 N–H and O–H groups in total. The van der Waals surface area contributed by atoms with E-state index in [-0.39, 0.29) is 11.0 Å². The molecule has 0 bridgehead atoms. The van der Waals surface area contributed by atoms with E-state index < -0.39 is 5.97 Å². The maximum atomic E-state index is 11.5. The number of fused-ring (bicyclic) bond motifs is 9. The molecule has 0 radical (unpaired) electrons. The van der Waals surface area contributed by atoms with E-state index in [2.05, 4.69) is 225 Å². The van der Waals surface area contributed by atoms with Gasteiger partial charge in [0.2, 0.25) is 0 Å². The molecule has 3 aliphatic rings. The van der Waals surface area contributed by atoms with Crippen molar-refractivity contribution >= 4 is 75.1 Å². The van der Waals surface area contributed by atoms with Gasteiger partial charge in [-0.1, -0.05) is 153 Å². The molecule has 0 saturated heterocycles. The summed E-state index contributed by atoms with van der Waals surface area (Å²) in [6.07, 6.45) is 8.01. The first-order valence-electron chi connectivity index (χ1n) is 25.5. The maximum absolute atomic E-state index is 11.5. The predicted molar refractivity (Wildman–Crippen MR) is 313 cm³/mol. The third-order valence-electron chi connectivity index (χ3n) is 15.6. The normalized spacial score (nSPS) is 13.3. The van der Waals surface area contributed by atoms with Gasteiger partial charge in [0, 0.05) is 42.0 Å². The molecule has 3 aliphatic carbocycles. The van der Waals surface area contributed by atoms with Gasteiger partial charge < -0.3 is 10.0 Å². The Morgan fingerprint density at radius 3 is 1.40 bits per heavy atom. The van der Waals surface area contributed by atoms with Gasteiger partial charge in [0.25, 0.3) is 0 Å². The standard InChI is InChI=1S/C69H48N2O2S2/c1-3-69(4-2)63-40-45(65-35-36-67(75-65)66-34-31-50(74-66)39-46(42-70)68(72)73)25-32-59(63)60-33-30-49(41-64(60)69)71(47-26-21-43(22-27-47)37-61-55-17-9-5-13-51(55)52-14-6-10-18-56(52)61)48-28-23-44(24-29-48)38-62-57-19-11-7-15-53(57)54-16-8-12-20-58(54)62/h5-41H,3-4H2,1-2H3,(H,72,73)/b46-39+. The minimum Gasteiger partial charge on any atom is -0.477 e. The number of anilines is 3. The zero-order chi connectivity index (χ0) is 50.8. The lowest BCUT2D eigenvalue weighted by Gasteiger charge is -2.32. The summed E-state index contributed by atoms with van der Waals surface area (Å²) in [4.78, 5) is 18.0. The molecule has 358 valence electrons. The van der Waals surface area contributed by atoms with E-state index in [0.29, 0.717) is 0 Å². The Balaban J connectivity index is 0.876. The van der Waals surface area contributed by atoms with E-state index in [1.807, 2.05) is 12.1 Å². The van der Waals surface area contributed by atoms with Crippen LogP contribution in [0.25, 0.3) is 82.9 Å². The van der Waals surface area contributed by atoms with Crippen LogP contribution in [0.1, 0.15) is 76.1 Å². The van der Waals surface area contributed by atoms with Gasteiger partial charge in [-0.05, 0) is 192 Å². The van der Waals surface area contributed by atoms with Crippen molar-refractivity contribution in [3.63, 3.8) is 0 Å². The molecule has 0 atom stereocenters. The lowest BCUT2D eigenvalue weighted by atomic mass is 9.73. The van der Waals surface area contributed by atoms with Crippen molar-refractivity contribution in [1.82, 2.24) is 0 Å². The van der Waals surface area contributed by atoms with Gasteiger partial charge in [-0.2, -0.15) is 5.26 Å². The summed E-state index contributed by atoms with van der Waals surface area (Å²) in [7, 11) is 0. The van der Waals surface area contributed by atoms with Gasteiger partial charge in [0.05, 0.1) is 0 Å². The van der Waals surface area contributed by atoms with Crippen LogP contribution in [-0.2, 0) is 10.2 Å². The highest BCUT2D eigenvalue weighted by Crippen LogP contribution is 2.56. The summed E-state index contributed by atoms with van der Waals surface area (Å²) in [6, 6.07) is 77.1. The summed E-state index contributed by atoms with van der Waals surface area (Å²) < 4.78 is 0. The van der Waals surface area contributed by atoms with E-state index >= 15 is 0 Å². The molecular weight excluding hydrogens is 953 g/mol. The molecule has 8 aromatic carbocycles. The molecule has 10 aromatic rings. The van der Waals surface area contributed by atoms with Crippen molar-refractivity contribution in [2.45, 2.75) is 32.1 Å². The number of carboxylic acids is 1. The van der Waals surface area contributed by atoms with Crippen molar-refractivity contribution in [3.05, 3.63) is 261 Å². The molecule has 4 nitrogen and oxygen atoms in total. The van der Waals surface area contributed by atoms with Gasteiger partial charge in [0.15, 0.2) is 0 Å². The third kappa shape index (κ3) is 7.74.